The number of hydrogen-bond acceptors (Lipinski definition) is 2. The van der Waals surface area contributed by atoms with Crippen LogP contribution in [0, 0.1) is 5.82 Å². The summed E-state index contributed by atoms with van der Waals surface area (Å²) in [6.45, 7) is 0. The van der Waals surface area contributed by atoms with Gasteiger partial charge in [0.05, 0.1) is 13.5 Å². The predicted octanol–water partition coefficient (Wildman–Crippen LogP) is 2.99. The number of carboxylic acids is 1. The Bertz CT molecular complexity index is 469. The zero-order valence-electron chi connectivity index (χ0n) is 9.30. The van der Waals surface area contributed by atoms with E-state index in [0.717, 1.165) is 0 Å². The Morgan fingerprint density at radius 1 is 1.59 bits per heavy atom. The molecule has 2 rings (SSSR count). The van der Waals surface area contributed by atoms with Crippen LogP contribution in [-0.4, -0.2) is 18.2 Å². The summed E-state index contributed by atoms with van der Waals surface area (Å²) in [7, 11) is 1.36. The van der Waals surface area contributed by atoms with Gasteiger partial charge < -0.3 is 9.84 Å². The van der Waals surface area contributed by atoms with Crippen LogP contribution in [0.15, 0.2) is 12.1 Å². The minimum absolute atomic E-state index is 0.0491. The third-order valence-corrected chi connectivity index (χ3v) is 3.45. The van der Waals surface area contributed by atoms with Gasteiger partial charge in [-0.2, -0.15) is 0 Å². The van der Waals surface area contributed by atoms with E-state index in [2.05, 4.69) is 0 Å². The van der Waals surface area contributed by atoms with Crippen LogP contribution in [-0.2, 0) is 10.2 Å². The molecule has 1 aliphatic carbocycles. The van der Waals surface area contributed by atoms with Gasteiger partial charge in [-0.1, -0.05) is 11.6 Å². The van der Waals surface area contributed by atoms with Crippen LogP contribution >= 0.6 is 11.6 Å². The largest absolute Gasteiger partial charge is 0.493 e. The molecular weight excluding hydrogens is 247 g/mol. The highest BCUT2D eigenvalue weighted by Crippen LogP contribution is 2.56. The van der Waals surface area contributed by atoms with Crippen molar-refractivity contribution in [2.24, 2.45) is 0 Å². The minimum Gasteiger partial charge on any atom is -0.493 e. The van der Waals surface area contributed by atoms with Gasteiger partial charge in [-0.05, 0) is 25.0 Å². The first kappa shape index (κ1) is 12.2. The van der Waals surface area contributed by atoms with Gasteiger partial charge >= 0.3 is 5.97 Å². The van der Waals surface area contributed by atoms with Gasteiger partial charge in [-0.15, -0.1) is 0 Å². The second-order valence-corrected chi connectivity index (χ2v) is 4.70. The summed E-state index contributed by atoms with van der Waals surface area (Å²) in [6.07, 6.45) is 1.34. The molecule has 0 aliphatic heterocycles. The summed E-state index contributed by atoms with van der Waals surface area (Å²) in [5, 5.41) is 9.26. The molecule has 0 aromatic heterocycles. The van der Waals surface area contributed by atoms with Crippen LogP contribution in [0.3, 0.4) is 0 Å². The fourth-order valence-electron chi connectivity index (χ4n) is 2.18. The van der Waals surface area contributed by atoms with Gasteiger partial charge in [-0.25, -0.2) is 4.39 Å². The van der Waals surface area contributed by atoms with E-state index in [0.29, 0.717) is 23.4 Å². The van der Waals surface area contributed by atoms with E-state index in [1.807, 2.05) is 0 Å². The summed E-state index contributed by atoms with van der Waals surface area (Å²) in [4.78, 5) is 10.8. The molecule has 1 aromatic carbocycles. The van der Waals surface area contributed by atoms with Crippen molar-refractivity contribution < 1.29 is 19.0 Å². The van der Waals surface area contributed by atoms with E-state index >= 15 is 0 Å². The lowest BCUT2D eigenvalue weighted by molar-refractivity contribution is -0.137. The normalized spacial score (nSPS) is 16.6. The molecule has 1 saturated carbocycles. The van der Waals surface area contributed by atoms with Crippen LogP contribution in [0.2, 0.25) is 5.02 Å². The number of methoxy groups -OCH3 is 1. The summed E-state index contributed by atoms with van der Waals surface area (Å²) >= 11 is 6.05. The van der Waals surface area contributed by atoms with E-state index in [1.165, 1.54) is 19.2 Å². The Balaban J connectivity index is 2.51. The molecule has 1 fully saturated rings. The topological polar surface area (TPSA) is 46.5 Å². The molecule has 1 aromatic rings. The first-order valence-corrected chi connectivity index (χ1v) is 5.62. The fourth-order valence-corrected chi connectivity index (χ4v) is 2.53. The van der Waals surface area contributed by atoms with Crippen molar-refractivity contribution in [3.8, 4) is 5.75 Å². The summed E-state index contributed by atoms with van der Waals surface area (Å²) in [5.41, 5.74) is -0.0693. The quantitative estimate of drug-likeness (QED) is 0.903. The molecule has 3 nitrogen and oxygen atoms in total. The number of aliphatic carboxylic acids is 1. The number of hydrogen-bond donors (Lipinski definition) is 1. The maximum absolute atomic E-state index is 13.6. The van der Waals surface area contributed by atoms with Crippen LogP contribution < -0.4 is 4.74 Å². The molecule has 0 bridgehead atoms. The van der Waals surface area contributed by atoms with Crippen molar-refractivity contribution in [2.45, 2.75) is 24.7 Å². The molecule has 17 heavy (non-hydrogen) atoms. The minimum atomic E-state index is -0.912. The Labute approximate surface area is 103 Å². The molecule has 1 aliphatic rings. The average molecular weight is 259 g/mol. The smallest absolute Gasteiger partial charge is 0.304 e. The number of halogens is 2. The number of benzene rings is 1. The van der Waals surface area contributed by atoms with Crippen molar-refractivity contribution in [3.63, 3.8) is 0 Å². The Morgan fingerprint density at radius 2 is 2.24 bits per heavy atom. The highest BCUT2D eigenvalue weighted by Gasteiger charge is 2.49. The van der Waals surface area contributed by atoms with E-state index in [1.54, 1.807) is 0 Å². The molecule has 0 radical (unpaired) electrons. The van der Waals surface area contributed by atoms with Crippen molar-refractivity contribution in [1.82, 2.24) is 0 Å². The maximum atomic E-state index is 13.6. The Kier molecular flexibility index (Phi) is 3.00. The fraction of sp³-hybridized carbons (Fsp3) is 0.417. The molecule has 0 atom stereocenters. The molecule has 0 amide bonds. The van der Waals surface area contributed by atoms with E-state index in [9.17, 15) is 9.18 Å². The van der Waals surface area contributed by atoms with E-state index < -0.39 is 17.2 Å². The van der Waals surface area contributed by atoms with Gasteiger partial charge in [0, 0.05) is 16.0 Å². The van der Waals surface area contributed by atoms with Gasteiger partial charge in [0.15, 0.2) is 11.6 Å². The van der Waals surface area contributed by atoms with Crippen LogP contribution in [0.5, 0.6) is 5.75 Å². The number of rotatable bonds is 4. The summed E-state index contributed by atoms with van der Waals surface area (Å²) in [6, 6.07) is 2.66. The molecular formula is C12H12ClFO3. The standard InChI is InChI=1S/C12H12ClFO3/c1-17-11-8(14)3-2-7(13)10(11)12(4-5-12)6-9(15)16/h2-3H,4-6H2,1H3,(H,15,16). The average Bonchev–Trinajstić information content (AvgIpc) is 3.00. The third kappa shape index (κ3) is 2.09. The van der Waals surface area contributed by atoms with Gasteiger partial charge in [0.1, 0.15) is 0 Å². The molecule has 0 saturated heterocycles. The van der Waals surface area contributed by atoms with Gasteiger partial charge in [-0.3, -0.25) is 4.79 Å². The van der Waals surface area contributed by atoms with Crippen molar-refractivity contribution in [2.75, 3.05) is 7.11 Å². The first-order chi connectivity index (χ1) is 8.00. The van der Waals surface area contributed by atoms with E-state index in [4.69, 9.17) is 21.4 Å². The second-order valence-electron chi connectivity index (χ2n) is 4.29. The second kappa shape index (κ2) is 4.18. The Hall–Kier alpha value is -1.29. The predicted molar refractivity (Wildman–Crippen MR) is 61.1 cm³/mol. The monoisotopic (exact) mass is 258 g/mol. The molecule has 0 spiro atoms. The number of carbonyl (C=O) groups is 1. The van der Waals surface area contributed by atoms with Crippen LogP contribution in [0.25, 0.3) is 0 Å². The summed E-state index contributed by atoms with van der Waals surface area (Å²) in [5.74, 6) is -1.36. The molecule has 5 heteroatoms. The van der Waals surface area contributed by atoms with Crippen molar-refractivity contribution in [1.29, 1.82) is 0 Å². The zero-order valence-corrected chi connectivity index (χ0v) is 10.1. The lowest BCUT2D eigenvalue weighted by Gasteiger charge is -2.19. The van der Waals surface area contributed by atoms with Gasteiger partial charge in [0.2, 0.25) is 0 Å². The van der Waals surface area contributed by atoms with Crippen LogP contribution in [0.4, 0.5) is 4.39 Å². The molecule has 0 heterocycles. The van der Waals surface area contributed by atoms with Crippen molar-refractivity contribution >= 4 is 17.6 Å². The summed E-state index contributed by atoms with van der Waals surface area (Å²) < 4.78 is 18.6. The number of ether oxygens (including phenoxy) is 1. The first-order valence-electron chi connectivity index (χ1n) is 5.24. The van der Waals surface area contributed by atoms with Crippen LogP contribution in [0.1, 0.15) is 24.8 Å². The molecule has 92 valence electrons. The molecule has 1 N–H and O–H groups in total. The Morgan fingerprint density at radius 3 is 2.71 bits per heavy atom. The van der Waals surface area contributed by atoms with Crippen molar-refractivity contribution in [3.05, 3.63) is 28.5 Å². The van der Waals surface area contributed by atoms with E-state index in [-0.39, 0.29) is 12.2 Å². The number of carboxylic acid groups (broad SMARTS) is 1. The van der Waals surface area contributed by atoms with Gasteiger partial charge in [0.25, 0.3) is 0 Å². The SMILES string of the molecule is COc1c(F)ccc(Cl)c1C1(CC(=O)O)CC1. The maximum Gasteiger partial charge on any atom is 0.304 e. The third-order valence-electron chi connectivity index (χ3n) is 3.14. The molecule has 0 unspecified atom stereocenters. The lowest BCUT2D eigenvalue weighted by Crippen LogP contribution is -2.15. The highest BCUT2D eigenvalue weighted by atomic mass is 35.5. The lowest BCUT2D eigenvalue weighted by atomic mass is 9.91. The zero-order chi connectivity index (χ0) is 12.6. The highest BCUT2D eigenvalue weighted by molar-refractivity contribution is 6.31.